The number of nitrogens with one attached hydrogen (secondary N) is 2. The van der Waals surface area contributed by atoms with Gasteiger partial charge in [-0.2, -0.15) is 0 Å². The van der Waals surface area contributed by atoms with Gasteiger partial charge in [0.25, 0.3) is 5.91 Å². The van der Waals surface area contributed by atoms with Crippen molar-refractivity contribution in [2.45, 2.75) is 20.4 Å². The molecule has 154 valence electrons. The Labute approximate surface area is 175 Å². The van der Waals surface area contributed by atoms with Gasteiger partial charge in [-0.3, -0.25) is 9.59 Å². The number of ether oxygens (including phenoxy) is 2. The molecule has 0 fully saturated rings. The highest BCUT2D eigenvalue weighted by atomic mass is 16.5. The smallest absolute Gasteiger partial charge is 0.255 e. The van der Waals surface area contributed by atoms with E-state index in [1.807, 2.05) is 55.5 Å². The van der Waals surface area contributed by atoms with Gasteiger partial charge in [-0.25, -0.2) is 0 Å². The van der Waals surface area contributed by atoms with Crippen molar-refractivity contribution < 1.29 is 19.1 Å². The number of para-hydroxylation sites is 2. The first kappa shape index (κ1) is 20.9. The Bertz CT molecular complexity index is 998. The molecule has 0 radical (unpaired) electrons. The van der Waals surface area contributed by atoms with Gasteiger partial charge in [0.15, 0.2) is 5.75 Å². The van der Waals surface area contributed by atoms with E-state index in [0.717, 1.165) is 11.3 Å². The van der Waals surface area contributed by atoms with Gasteiger partial charge in [0.05, 0.1) is 12.3 Å². The molecule has 2 N–H and O–H groups in total. The van der Waals surface area contributed by atoms with Crippen LogP contribution in [0.1, 0.15) is 29.8 Å². The van der Waals surface area contributed by atoms with Gasteiger partial charge < -0.3 is 20.1 Å². The minimum Gasteiger partial charge on any atom is -0.494 e. The van der Waals surface area contributed by atoms with E-state index in [0.29, 0.717) is 35.9 Å². The second-order valence-electron chi connectivity index (χ2n) is 6.56. The summed E-state index contributed by atoms with van der Waals surface area (Å²) in [6.07, 6.45) is 0. The van der Waals surface area contributed by atoms with Crippen LogP contribution in [0, 0.1) is 0 Å². The molecule has 0 aliphatic rings. The van der Waals surface area contributed by atoms with Gasteiger partial charge in [-0.15, -0.1) is 0 Å². The molecule has 0 aliphatic heterocycles. The fourth-order valence-electron chi connectivity index (χ4n) is 2.75. The third kappa shape index (κ3) is 5.85. The average molecular weight is 404 g/mol. The predicted molar refractivity (Wildman–Crippen MR) is 116 cm³/mol. The molecule has 0 spiro atoms. The first-order chi connectivity index (χ1) is 14.5. The molecule has 0 atom stereocenters. The summed E-state index contributed by atoms with van der Waals surface area (Å²) in [7, 11) is 0. The molecule has 30 heavy (non-hydrogen) atoms. The van der Waals surface area contributed by atoms with Crippen LogP contribution in [0.3, 0.4) is 0 Å². The van der Waals surface area contributed by atoms with Crippen LogP contribution in [0.2, 0.25) is 0 Å². The molecule has 0 unspecified atom stereocenters. The van der Waals surface area contributed by atoms with E-state index in [9.17, 15) is 9.59 Å². The molecule has 6 nitrogen and oxygen atoms in total. The average Bonchev–Trinajstić information content (AvgIpc) is 2.75. The van der Waals surface area contributed by atoms with E-state index >= 15 is 0 Å². The highest BCUT2D eigenvalue weighted by Gasteiger charge is 2.11. The lowest BCUT2D eigenvalue weighted by molar-refractivity contribution is -0.119. The fourth-order valence-corrected chi connectivity index (χ4v) is 2.75. The third-order valence-electron chi connectivity index (χ3n) is 4.26. The number of carbonyl (C=O) groups excluding carboxylic acids is 2. The molecule has 2 amide bonds. The normalized spacial score (nSPS) is 10.2. The first-order valence-electron chi connectivity index (χ1n) is 9.69. The van der Waals surface area contributed by atoms with Crippen molar-refractivity contribution in [2.24, 2.45) is 0 Å². The summed E-state index contributed by atoms with van der Waals surface area (Å²) >= 11 is 0. The van der Waals surface area contributed by atoms with Crippen molar-refractivity contribution in [3.05, 3.63) is 83.9 Å². The Morgan fingerprint density at radius 2 is 1.53 bits per heavy atom. The van der Waals surface area contributed by atoms with Gasteiger partial charge in [-0.05, 0) is 61.0 Å². The molecule has 0 bridgehead atoms. The molecule has 3 aromatic rings. The molecule has 0 saturated heterocycles. The highest BCUT2D eigenvalue weighted by molar-refractivity contribution is 6.05. The van der Waals surface area contributed by atoms with Crippen LogP contribution in [0.4, 0.5) is 5.69 Å². The van der Waals surface area contributed by atoms with Crippen LogP contribution >= 0.6 is 0 Å². The summed E-state index contributed by atoms with van der Waals surface area (Å²) < 4.78 is 11.4. The van der Waals surface area contributed by atoms with E-state index in [-0.39, 0.29) is 11.8 Å². The van der Waals surface area contributed by atoms with Crippen molar-refractivity contribution in [1.82, 2.24) is 5.32 Å². The monoisotopic (exact) mass is 404 g/mol. The zero-order valence-electron chi connectivity index (χ0n) is 17.0. The quantitative estimate of drug-likeness (QED) is 0.567. The van der Waals surface area contributed by atoms with Crippen LogP contribution in [-0.2, 0) is 11.3 Å². The van der Waals surface area contributed by atoms with E-state index in [4.69, 9.17) is 9.47 Å². The van der Waals surface area contributed by atoms with Crippen molar-refractivity contribution >= 4 is 17.5 Å². The van der Waals surface area contributed by atoms with Crippen molar-refractivity contribution in [1.29, 1.82) is 0 Å². The molecule has 3 aromatic carbocycles. The molecule has 0 aromatic heterocycles. The summed E-state index contributed by atoms with van der Waals surface area (Å²) in [5.74, 6) is 1.61. The number of hydrogen-bond donors (Lipinski definition) is 2. The van der Waals surface area contributed by atoms with Crippen LogP contribution < -0.4 is 20.1 Å². The second-order valence-corrected chi connectivity index (χ2v) is 6.56. The second kappa shape index (κ2) is 10.1. The maximum atomic E-state index is 12.7. The first-order valence-corrected chi connectivity index (χ1v) is 9.69. The lowest BCUT2D eigenvalue weighted by Crippen LogP contribution is -2.19. The topological polar surface area (TPSA) is 76.7 Å². The summed E-state index contributed by atoms with van der Waals surface area (Å²) in [5.41, 5.74) is 2.00. The molecule has 3 rings (SSSR count). The van der Waals surface area contributed by atoms with Gasteiger partial charge in [0.1, 0.15) is 11.5 Å². The Morgan fingerprint density at radius 3 is 2.20 bits per heavy atom. The number of carbonyl (C=O) groups is 2. The molecular formula is C24H24N2O4. The Balaban J connectivity index is 1.68. The number of benzene rings is 3. The van der Waals surface area contributed by atoms with E-state index < -0.39 is 0 Å². The van der Waals surface area contributed by atoms with Gasteiger partial charge in [0.2, 0.25) is 5.91 Å². The van der Waals surface area contributed by atoms with Gasteiger partial charge >= 0.3 is 0 Å². The van der Waals surface area contributed by atoms with Crippen LogP contribution in [0.5, 0.6) is 17.2 Å². The van der Waals surface area contributed by atoms with Crippen LogP contribution in [0.25, 0.3) is 0 Å². The molecule has 0 heterocycles. The van der Waals surface area contributed by atoms with E-state index in [1.165, 1.54) is 6.92 Å². The predicted octanol–water partition coefficient (Wildman–Crippen LogP) is 4.77. The molecule has 6 heteroatoms. The Morgan fingerprint density at radius 1 is 0.867 bits per heavy atom. The molecule has 0 aliphatic carbocycles. The molecule has 0 saturated carbocycles. The summed E-state index contributed by atoms with van der Waals surface area (Å²) in [4.78, 5) is 23.7. The fraction of sp³-hybridized carbons (Fsp3) is 0.167. The van der Waals surface area contributed by atoms with E-state index in [2.05, 4.69) is 10.6 Å². The number of hydrogen-bond acceptors (Lipinski definition) is 4. The maximum Gasteiger partial charge on any atom is 0.255 e. The summed E-state index contributed by atoms with van der Waals surface area (Å²) in [6, 6.07) is 21.6. The van der Waals surface area contributed by atoms with Crippen molar-refractivity contribution in [2.75, 3.05) is 11.9 Å². The minimum atomic E-state index is -0.246. The largest absolute Gasteiger partial charge is 0.494 e. The maximum absolute atomic E-state index is 12.7. The standard InChI is InChI=1S/C24H24N2O4/c1-3-29-20-12-14-21(15-13-20)30-23-7-5-4-6-22(23)26-24(28)19-10-8-18(9-11-19)16-25-17(2)27/h4-15H,3,16H2,1-2H3,(H,25,27)(H,26,28). The third-order valence-corrected chi connectivity index (χ3v) is 4.26. The lowest BCUT2D eigenvalue weighted by Gasteiger charge is -2.13. The van der Waals surface area contributed by atoms with Gasteiger partial charge in [-0.1, -0.05) is 24.3 Å². The number of amides is 2. The summed E-state index contributed by atoms with van der Waals surface area (Å²) in [5, 5.41) is 5.62. The SMILES string of the molecule is CCOc1ccc(Oc2ccccc2NC(=O)c2ccc(CNC(C)=O)cc2)cc1. The Kier molecular flexibility index (Phi) is 7.05. The Hall–Kier alpha value is -3.80. The van der Waals surface area contributed by atoms with Crippen LogP contribution in [0.15, 0.2) is 72.8 Å². The lowest BCUT2D eigenvalue weighted by atomic mass is 10.1. The van der Waals surface area contributed by atoms with Crippen molar-refractivity contribution in [3.63, 3.8) is 0 Å². The number of rotatable bonds is 8. The van der Waals surface area contributed by atoms with Gasteiger partial charge in [0, 0.05) is 19.0 Å². The zero-order chi connectivity index (χ0) is 21.3. The zero-order valence-corrected chi connectivity index (χ0v) is 17.0. The van der Waals surface area contributed by atoms with Crippen molar-refractivity contribution in [3.8, 4) is 17.2 Å². The minimum absolute atomic E-state index is 0.0963. The highest BCUT2D eigenvalue weighted by Crippen LogP contribution is 2.30. The van der Waals surface area contributed by atoms with E-state index in [1.54, 1.807) is 24.3 Å². The molecular weight excluding hydrogens is 380 g/mol. The number of anilines is 1. The van der Waals surface area contributed by atoms with Crippen LogP contribution in [-0.4, -0.2) is 18.4 Å². The summed E-state index contributed by atoms with van der Waals surface area (Å²) in [6.45, 7) is 4.42.